The Kier molecular flexibility index (Phi) is 6.01. The van der Waals surface area contributed by atoms with E-state index in [9.17, 15) is 4.79 Å². The molecule has 1 atom stereocenters. The fourth-order valence-corrected chi connectivity index (χ4v) is 1.63. The molecule has 0 fully saturated rings. The number of benzene rings is 1. The van der Waals surface area contributed by atoms with Gasteiger partial charge in [0, 0.05) is 5.88 Å². The summed E-state index contributed by atoms with van der Waals surface area (Å²) in [6, 6.07) is 9.49. The van der Waals surface area contributed by atoms with Crippen molar-refractivity contribution >= 4 is 17.5 Å². The normalized spacial score (nSPS) is 12.5. The van der Waals surface area contributed by atoms with Crippen molar-refractivity contribution in [3.05, 3.63) is 35.9 Å². The van der Waals surface area contributed by atoms with Crippen LogP contribution in [0.5, 0.6) is 0 Å². The van der Waals surface area contributed by atoms with Gasteiger partial charge in [0.2, 0.25) is 5.91 Å². The summed E-state index contributed by atoms with van der Waals surface area (Å²) < 4.78 is 5.23. The van der Waals surface area contributed by atoms with Crippen LogP contribution in [0.2, 0.25) is 0 Å². The van der Waals surface area contributed by atoms with Crippen molar-refractivity contribution in [2.24, 2.45) is 0 Å². The number of ether oxygens (including phenoxy) is 1. The second-order valence-corrected chi connectivity index (χ2v) is 4.35. The van der Waals surface area contributed by atoms with Crippen molar-refractivity contribution in [3.63, 3.8) is 0 Å². The van der Waals surface area contributed by atoms with Gasteiger partial charge >= 0.3 is 0 Å². The molecule has 0 heterocycles. The number of hydrogen-bond acceptors (Lipinski definition) is 2. The average Bonchev–Trinajstić information content (AvgIpc) is 2.34. The molecule has 17 heavy (non-hydrogen) atoms. The maximum Gasteiger partial charge on any atom is 0.246 e. The van der Waals surface area contributed by atoms with Crippen LogP contribution in [0.15, 0.2) is 30.3 Å². The zero-order chi connectivity index (χ0) is 12.7. The van der Waals surface area contributed by atoms with Gasteiger partial charge < -0.3 is 10.1 Å². The van der Waals surface area contributed by atoms with Crippen molar-refractivity contribution in [1.82, 2.24) is 5.32 Å². The molecule has 94 valence electrons. The predicted molar refractivity (Wildman–Crippen MR) is 69.1 cm³/mol. The Morgan fingerprint density at radius 2 is 2.00 bits per heavy atom. The van der Waals surface area contributed by atoms with Gasteiger partial charge in [0.25, 0.3) is 0 Å². The van der Waals surface area contributed by atoms with Crippen LogP contribution in [-0.4, -0.2) is 24.5 Å². The van der Waals surface area contributed by atoms with Crippen LogP contribution in [0.25, 0.3) is 0 Å². The highest BCUT2D eigenvalue weighted by atomic mass is 35.5. The average molecular weight is 256 g/mol. The number of halogens is 1. The number of hydrogen-bond donors (Lipinski definition) is 1. The molecule has 0 bridgehead atoms. The van der Waals surface area contributed by atoms with Gasteiger partial charge in [0.05, 0.1) is 12.1 Å². The van der Waals surface area contributed by atoms with Crippen molar-refractivity contribution in [2.75, 3.05) is 12.5 Å². The zero-order valence-electron chi connectivity index (χ0n) is 10.2. The summed E-state index contributed by atoms with van der Waals surface area (Å²) in [4.78, 5) is 11.6. The predicted octanol–water partition coefficient (Wildman–Crippen LogP) is 2.51. The third-order valence-corrected chi connectivity index (χ3v) is 2.55. The standard InChI is InChI=1S/C13H18ClNO2/c1-10(2)17-9-13(16)15-12(8-14)11-6-4-3-5-7-11/h3-7,10,12H,8-9H2,1-2H3,(H,15,16). The highest BCUT2D eigenvalue weighted by Gasteiger charge is 2.13. The largest absolute Gasteiger partial charge is 0.369 e. The van der Waals surface area contributed by atoms with Gasteiger partial charge in [-0.15, -0.1) is 11.6 Å². The molecular weight excluding hydrogens is 238 g/mol. The first-order valence-electron chi connectivity index (χ1n) is 5.65. The second-order valence-electron chi connectivity index (χ2n) is 4.04. The molecule has 1 aromatic carbocycles. The summed E-state index contributed by atoms with van der Waals surface area (Å²) >= 11 is 5.85. The molecule has 0 radical (unpaired) electrons. The Labute approximate surface area is 107 Å². The smallest absolute Gasteiger partial charge is 0.246 e. The van der Waals surface area contributed by atoms with Gasteiger partial charge in [-0.1, -0.05) is 30.3 Å². The van der Waals surface area contributed by atoms with E-state index in [4.69, 9.17) is 16.3 Å². The maximum absolute atomic E-state index is 11.6. The number of nitrogens with one attached hydrogen (secondary N) is 1. The molecule has 0 aromatic heterocycles. The summed E-state index contributed by atoms with van der Waals surface area (Å²) in [5.41, 5.74) is 1.00. The number of alkyl halides is 1. The fourth-order valence-electron chi connectivity index (χ4n) is 1.37. The number of rotatable bonds is 6. The molecule has 1 rings (SSSR count). The highest BCUT2D eigenvalue weighted by molar-refractivity contribution is 6.18. The third kappa shape index (κ3) is 5.20. The minimum Gasteiger partial charge on any atom is -0.369 e. The molecule has 0 aliphatic heterocycles. The molecular formula is C13H18ClNO2. The lowest BCUT2D eigenvalue weighted by Gasteiger charge is -2.17. The molecule has 0 aliphatic rings. The van der Waals surface area contributed by atoms with E-state index in [0.717, 1.165) is 5.56 Å². The van der Waals surface area contributed by atoms with E-state index < -0.39 is 0 Å². The molecule has 0 spiro atoms. The van der Waals surface area contributed by atoms with Gasteiger partial charge in [0.1, 0.15) is 6.61 Å². The lowest BCUT2D eigenvalue weighted by molar-refractivity contribution is -0.127. The Bertz CT molecular complexity index is 341. The minimum absolute atomic E-state index is 0.0481. The van der Waals surface area contributed by atoms with Gasteiger partial charge in [-0.2, -0.15) is 0 Å². The SMILES string of the molecule is CC(C)OCC(=O)NC(CCl)c1ccccc1. The van der Waals surface area contributed by atoms with E-state index in [1.54, 1.807) is 0 Å². The molecule has 0 saturated heterocycles. The number of carbonyl (C=O) groups excluding carboxylic acids is 1. The van der Waals surface area contributed by atoms with Crippen LogP contribution in [0.4, 0.5) is 0 Å². The van der Waals surface area contributed by atoms with Crippen molar-refractivity contribution < 1.29 is 9.53 Å². The molecule has 1 N–H and O–H groups in total. The van der Waals surface area contributed by atoms with Crippen molar-refractivity contribution in [3.8, 4) is 0 Å². The van der Waals surface area contributed by atoms with Gasteiger partial charge in [-0.25, -0.2) is 0 Å². The Morgan fingerprint density at radius 1 is 1.35 bits per heavy atom. The summed E-state index contributed by atoms with van der Waals surface area (Å²) in [7, 11) is 0. The van der Waals surface area contributed by atoms with E-state index in [0.29, 0.717) is 5.88 Å². The van der Waals surface area contributed by atoms with E-state index in [1.165, 1.54) is 0 Å². The van der Waals surface area contributed by atoms with Crippen LogP contribution in [0.1, 0.15) is 25.5 Å². The molecule has 4 heteroatoms. The van der Waals surface area contributed by atoms with Gasteiger partial charge in [-0.05, 0) is 19.4 Å². The van der Waals surface area contributed by atoms with Crippen LogP contribution in [-0.2, 0) is 9.53 Å². The monoisotopic (exact) mass is 255 g/mol. The maximum atomic E-state index is 11.6. The fraction of sp³-hybridized carbons (Fsp3) is 0.462. The molecule has 1 amide bonds. The Balaban J connectivity index is 2.50. The lowest BCUT2D eigenvalue weighted by Crippen LogP contribution is -2.33. The number of carbonyl (C=O) groups is 1. The summed E-state index contributed by atoms with van der Waals surface area (Å²) in [5, 5.41) is 2.84. The first-order valence-corrected chi connectivity index (χ1v) is 6.18. The molecule has 0 aliphatic carbocycles. The molecule has 3 nitrogen and oxygen atoms in total. The van der Waals surface area contributed by atoms with E-state index in [-0.39, 0.29) is 24.7 Å². The van der Waals surface area contributed by atoms with Crippen LogP contribution in [0.3, 0.4) is 0 Å². The first kappa shape index (κ1) is 14.0. The Morgan fingerprint density at radius 3 is 2.53 bits per heavy atom. The van der Waals surface area contributed by atoms with Crippen LogP contribution < -0.4 is 5.32 Å². The molecule has 1 aromatic rings. The van der Waals surface area contributed by atoms with Gasteiger partial charge in [-0.3, -0.25) is 4.79 Å². The van der Waals surface area contributed by atoms with Crippen LogP contribution >= 0.6 is 11.6 Å². The second kappa shape index (κ2) is 7.30. The molecule has 1 unspecified atom stereocenters. The minimum atomic E-state index is -0.166. The van der Waals surface area contributed by atoms with E-state index in [1.807, 2.05) is 44.2 Å². The lowest BCUT2D eigenvalue weighted by atomic mass is 10.1. The van der Waals surface area contributed by atoms with Gasteiger partial charge in [0.15, 0.2) is 0 Å². The van der Waals surface area contributed by atoms with E-state index in [2.05, 4.69) is 5.32 Å². The highest BCUT2D eigenvalue weighted by Crippen LogP contribution is 2.13. The first-order chi connectivity index (χ1) is 8.13. The third-order valence-electron chi connectivity index (χ3n) is 2.24. The topological polar surface area (TPSA) is 38.3 Å². The quantitative estimate of drug-likeness (QED) is 0.794. The van der Waals surface area contributed by atoms with E-state index >= 15 is 0 Å². The summed E-state index contributed by atoms with van der Waals surface area (Å²) in [5.74, 6) is 0.199. The summed E-state index contributed by atoms with van der Waals surface area (Å²) in [6.07, 6.45) is 0.0481. The molecule has 0 saturated carbocycles. The van der Waals surface area contributed by atoms with Crippen molar-refractivity contribution in [2.45, 2.75) is 26.0 Å². The summed E-state index contributed by atoms with van der Waals surface area (Å²) in [6.45, 7) is 3.85. The zero-order valence-corrected chi connectivity index (χ0v) is 10.9. The Hall–Kier alpha value is -1.06. The number of amides is 1. The van der Waals surface area contributed by atoms with Crippen LogP contribution in [0, 0.1) is 0 Å². The van der Waals surface area contributed by atoms with Crippen molar-refractivity contribution in [1.29, 1.82) is 0 Å².